The second-order valence-corrected chi connectivity index (χ2v) is 6.75. The third kappa shape index (κ3) is 5.66. The summed E-state index contributed by atoms with van der Waals surface area (Å²) in [5.41, 5.74) is 2.19. The number of allylic oxidation sites excluding steroid dienone is 4. The molecule has 0 spiro atoms. The quantitative estimate of drug-likeness (QED) is 0.591. The van der Waals surface area contributed by atoms with Crippen LogP contribution in [0.25, 0.3) is 0 Å². The number of aliphatic hydroxyl groups is 1. The van der Waals surface area contributed by atoms with Crippen molar-refractivity contribution in [3.8, 4) is 0 Å². The lowest BCUT2D eigenvalue weighted by atomic mass is 9.76. The fourth-order valence-corrected chi connectivity index (χ4v) is 2.82. The maximum Gasteiger partial charge on any atom is 0.335 e. The maximum atomic E-state index is 11.9. The Morgan fingerprint density at radius 3 is 2.71 bits per heavy atom. The Hall–Kier alpha value is -1.09. The van der Waals surface area contributed by atoms with E-state index in [0.717, 1.165) is 32.1 Å². The lowest BCUT2D eigenvalue weighted by molar-refractivity contribution is -0.174. The Bertz CT molecular complexity index is 416. The van der Waals surface area contributed by atoms with E-state index in [9.17, 15) is 9.90 Å². The van der Waals surface area contributed by atoms with Crippen LogP contribution in [0.5, 0.6) is 0 Å². The van der Waals surface area contributed by atoms with E-state index in [1.54, 1.807) is 0 Å². The number of hydrogen-bond acceptors (Lipinski definition) is 3. The van der Waals surface area contributed by atoms with Gasteiger partial charge in [-0.25, -0.2) is 4.79 Å². The zero-order chi connectivity index (χ0) is 16.0. The highest BCUT2D eigenvalue weighted by Gasteiger charge is 2.38. The minimum Gasteiger partial charge on any atom is -0.457 e. The van der Waals surface area contributed by atoms with Gasteiger partial charge in [0.25, 0.3) is 0 Å². The number of aliphatic hydroxyl groups excluding tert-OH is 1. The number of hydrogen-bond donors (Lipinski definition) is 1. The molecule has 1 unspecified atom stereocenters. The van der Waals surface area contributed by atoms with Gasteiger partial charge >= 0.3 is 5.97 Å². The third-order valence-corrected chi connectivity index (χ3v) is 4.37. The molecule has 1 aliphatic rings. The van der Waals surface area contributed by atoms with Crippen molar-refractivity contribution in [3.63, 3.8) is 0 Å². The monoisotopic (exact) mass is 294 g/mol. The van der Waals surface area contributed by atoms with Crippen LogP contribution in [0.2, 0.25) is 0 Å². The first kappa shape index (κ1) is 18.0. The van der Waals surface area contributed by atoms with Crippen molar-refractivity contribution in [3.05, 3.63) is 23.3 Å². The van der Waals surface area contributed by atoms with Crippen LogP contribution in [0.15, 0.2) is 23.3 Å². The van der Waals surface area contributed by atoms with Crippen LogP contribution in [0.4, 0.5) is 0 Å². The lowest BCUT2D eigenvalue weighted by Crippen LogP contribution is -2.42. The van der Waals surface area contributed by atoms with E-state index in [4.69, 9.17) is 4.74 Å². The zero-order valence-electron chi connectivity index (χ0n) is 14.1. The van der Waals surface area contributed by atoms with Crippen LogP contribution in [0, 0.1) is 5.92 Å². The molecule has 0 amide bonds. The van der Waals surface area contributed by atoms with Crippen molar-refractivity contribution < 1.29 is 14.6 Å². The first-order chi connectivity index (χ1) is 9.74. The summed E-state index contributed by atoms with van der Waals surface area (Å²) in [6, 6.07) is 0. The summed E-state index contributed by atoms with van der Waals surface area (Å²) in [4.78, 5) is 11.9. The number of esters is 1. The molecule has 1 N–H and O–H groups in total. The normalized spacial score (nSPS) is 22.8. The molecule has 3 heteroatoms. The van der Waals surface area contributed by atoms with Crippen LogP contribution in [-0.4, -0.2) is 22.8 Å². The van der Waals surface area contributed by atoms with E-state index >= 15 is 0 Å². The number of carbonyl (C=O) groups excluding carboxylic acids is 1. The summed E-state index contributed by atoms with van der Waals surface area (Å²) in [7, 11) is 0. The predicted octanol–water partition coefficient (Wildman–Crippen LogP) is 4.16. The van der Waals surface area contributed by atoms with Gasteiger partial charge in [0.1, 0.15) is 11.7 Å². The highest BCUT2D eigenvalue weighted by Crippen LogP contribution is 2.37. The molecule has 0 bridgehead atoms. The summed E-state index contributed by atoms with van der Waals surface area (Å²) in [6.45, 7) is 9.78. The second kappa shape index (κ2) is 7.79. The Balaban J connectivity index is 2.82. The molecular formula is C18H30O3. The number of ether oxygens (including phenoxy) is 1. The molecule has 0 heterocycles. The van der Waals surface area contributed by atoms with Gasteiger partial charge in [-0.3, -0.25) is 0 Å². The molecule has 21 heavy (non-hydrogen) atoms. The van der Waals surface area contributed by atoms with Crippen molar-refractivity contribution >= 4 is 5.97 Å². The van der Waals surface area contributed by atoms with Crippen LogP contribution in [0.1, 0.15) is 66.7 Å². The molecule has 3 nitrogen and oxygen atoms in total. The van der Waals surface area contributed by atoms with E-state index in [1.165, 1.54) is 18.1 Å². The van der Waals surface area contributed by atoms with Crippen molar-refractivity contribution in [2.24, 2.45) is 5.92 Å². The van der Waals surface area contributed by atoms with Crippen LogP contribution in [-0.2, 0) is 9.53 Å². The molecule has 0 saturated heterocycles. The van der Waals surface area contributed by atoms with Crippen molar-refractivity contribution in [1.82, 2.24) is 0 Å². The summed E-state index contributed by atoms with van der Waals surface area (Å²) < 4.78 is 5.71. The van der Waals surface area contributed by atoms with E-state index in [2.05, 4.69) is 32.9 Å². The summed E-state index contributed by atoms with van der Waals surface area (Å²) >= 11 is 0. The third-order valence-electron chi connectivity index (χ3n) is 4.37. The summed E-state index contributed by atoms with van der Waals surface area (Å²) in [6.07, 6.45) is 8.12. The highest BCUT2D eigenvalue weighted by atomic mass is 16.6. The Morgan fingerprint density at radius 1 is 1.57 bits per heavy atom. The minimum absolute atomic E-state index is 0.328. The van der Waals surface area contributed by atoms with E-state index < -0.39 is 17.7 Å². The van der Waals surface area contributed by atoms with Gasteiger partial charge in [0, 0.05) is 5.92 Å². The average molecular weight is 294 g/mol. The van der Waals surface area contributed by atoms with Gasteiger partial charge in [0.05, 0.1) is 0 Å². The smallest absolute Gasteiger partial charge is 0.335 e. The highest BCUT2D eigenvalue weighted by molar-refractivity contribution is 5.74. The molecule has 1 aliphatic carbocycles. The van der Waals surface area contributed by atoms with Crippen molar-refractivity contribution in [1.29, 1.82) is 0 Å². The molecule has 0 aromatic rings. The Morgan fingerprint density at radius 2 is 2.24 bits per heavy atom. The summed E-state index contributed by atoms with van der Waals surface area (Å²) in [5, 5.41) is 9.44. The number of rotatable bonds is 6. The average Bonchev–Trinajstić information content (AvgIpc) is 2.38. The van der Waals surface area contributed by atoms with Gasteiger partial charge in [-0.05, 0) is 66.7 Å². The molecule has 120 valence electrons. The minimum atomic E-state index is -1.06. The van der Waals surface area contributed by atoms with E-state index in [1.807, 2.05) is 6.92 Å². The van der Waals surface area contributed by atoms with E-state index in [0.29, 0.717) is 5.92 Å². The number of carbonyl (C=O) groups is 1. The molecule has 0 aliphatic heterocycles. The van der Waals surface area contributed by atoms with Gasteiger partial charge in [0.2, 0.25) is 0 Å². The lowest BCUT2D eigenvalue weighted by Gasteiger charge is -2.39. The fourth-order valence-electron chi connectivity index (χ4n) is 2.82. The molecule has 3 atom stereocenters. The van der Waals surface area contributed by atoms with Gasteiger partial charge in [-0.2, -0.15) is 0 Å². The molecular weight excluding hydrogens is 264 g/mol. The first-order valence-corrected chi connectivity index (χ1v) is 7.94. The summed E-state index contributed by atoms with van der Waals surface area (Å²) in [5.74, 6) is -0.185. The van der Waals surface area contributed by atoms with Gasteiger partial charge in [-0.15, -0.1) is 0 Å². The molecule has 1 rings (SSSR count). The maximum absolute atomic E-state index is 11.9. The largest absolute Gasteiger partial charge is 0.457 e. The van der Waals surface area contributed by atoms with Crippen LogP contribution >= 0.6 is 0 Å². The van der Waals surface area contributed by atoms with Gasteiger partial charge in [0.15, 0.2) is 0 Å². The zero-order valence-corrected chi connectivity index (χ0v) is 14.1. The second-order valence-electron chi connectivity index (χ2n) is 6.75. The van der Waals surface area contributed by atoms with Crippen molar-refractivity contribution in [2.75, 3.05) is 0 Å². The molecule has 0 radical (unpaired) electrons. The van der Waals surface area contributed by atoms with Crippen molar-refractivity contribution in [2.45, 2.75) is 78.4 Å². The first-order valence-electron chi connectivity index (χ1n) is 7.94. The van der Waals surface area contributed by atoms with E-state index in [-0.39, 0.29) is 0 Å². The topological polar surface area (TPSA) is 46.5 Å². The SMILES string of the molecule is CC(C)=CCC[C@@](C)(OC(=O)C(C)O)[C@H]1CC=C(C)CC1. The predicted molar refractivity (Wildman–Crippen MR) is 85.9 cm³/mol. The van der Waals surface area contributed by atoms with Gasteiger partial charge < -0.3 is 9.84 Å². The Kier molecular flexibility index (Phi) is 6.66. The van der Waals surface area contributed by atoms with Crippen LogP contribution in [0.3, 0.4) is 0 Å². The molecule has 0 aromatic carbocycles. The van der Waals surface area contributed by atoms with Crippen LogP contribution < -0.4 is 0 Å². The Labute approximate surface area is 129 Å². The standard InChI is InChI=1S/C18H30O3/c1-13(2)7-6-12-18(5,21-17(20)15(4)19)16-10-8-14(3)9-11-16/h7-8,15-16,19H,6,9-12H2,1-5H3/t15?,16-,18+/m0/s1. The molecule has 0 aromatic heterocycles. The molecule has 0 saturated carbocycles. The molecule has 0 fully saturated rings. The van der Waals surface area contributed by atoms with Gasteiger partial charge in [-0.1, -0.05) is 23.3 Å². The fraction of sp³-hybridized carbons (Fsp3) is 0.722.